The van der Waals surface area contributed by atoms with Crippen LogP contribution in [0.2, 0.25) is 5.02 Å². The summed E-state index contributed by atoms with van der Waals surface area (Å²) in [4.78, 5) is 11.5. The molecule has 28 heavy (non-hydrogen) atoms. The van der Waals surface area contributed by atoms with Crippen molar-refractivity contribution in [2.24, 2.45) is 0 Å². The number of hydrogen-bond acceptors (Lipinski definition) is 5. The molecule has 1 aliphatic rings. The number of nitrogens with one attached hydrogen (secondary N) is 2. The number of anilines is 1. The van der Waals surface area contributed by atoms with Crippen molar-refractivity contribution in [3.8, 4) is 11.5 Å². The van der Waals surface area contributed by atoms with Crippen LogP contribution in [0.3, 0.4) is 0 Å². The Morgan fingerprint density at radius 1 is 1.32 bits per heavy atom. The van der Waals surface area contributed by atoms with E-state index in [9.17, 15) is 9.90 Å². The van der Waals surface area contributed by atoms with E-state index in [0.717, 1.165) is 12.2 Å². The Kier molecular flexibility index (Phi) is 6.13. The van der Waals surface area contributed by atoms with Gasteiger partial charge in [-0.2, -0.15) is 0 Å². The lowest BCUT2D eigenvalue weighted by Crippen LogP contribution is -2.43. The van der Waals surface area contributed by atoms with Crippen LogP contribution in [0.5, 0.6) is 11.5 Å². The van der Waals surface area contributed by atoms with E-state index in [1.165, 1.54) is 5.56 Å². The third kappa shape index (κ3) is 4.95. The van der Waals surface area contributed by atoms with E-state index in [2.05, 4.69) is 24.5 Å². The fourth-order valence-electron chi connectivity index (χ4n) is 3.24. The van der Waals surface area contributed by atoms with Crippen molar-refractivity contribution in [1.29, 1.82) is 0 Å². The van der Waals surface area contributed by atoms with Gasteiger partial charge < -0.3 is 25.2 Å². The van der Waals surface area contributed by atoms with Crippen LogP contribution in [-0.2, 0) is 11.2 Å². The van der Waals surface area contributed by atoms with E-state index in [0.29, 0.717) is 28.6 Å². The van der Waals surface area contributed by atoms with Crippen molar-refractivity contribution in [2.75, 3.05) is 25.6 Å². The molecule has 1 aliphatic heterocycles. The van der Waals surface area contributed by atoms with Gasteiger partial charge in [0.25, 0.3) is 5.91 Å². The van der Waals surface area contributed by atoms with Crippen molar-refractivity contribution in [3.63, 3.8) is 0 Å². The van der Waals surface area contributed by atoms with E-state index in [1.807, 2.05) is 24.3 Å². The number of aliphatic hydroxyl groups excluding tert-OH is 1. The fourth-order valence-corrected chi connectivity index (χ4v) is 3.47. The van der Waals surface area contributed by atoms with Crippen LogP contribution in [0.25, 0.3) is 0 Å². The van der Waals surface area contributed by atoms with Crippen molar-refractivity contribution in [2.45, 2.75) is 31.9 Å². The van der Waals surface area contributed by atoms with Crippen molar-refractivity contribution in [1.82, 2.24) is 5.32 Å². The van der Waals surface area contributed by atoms with Crippen LogP contribution in [0.4, 0.5) is 5.69 Å². The second-order valence-corrected chi connectivity index (χ2v) is 7.95. The molecule has 7 heteroatoms. The molecule has 2 aromatic carbocycles. The van der Waals surface area contributed by atoms with E-state index >= 15 is 0 Å². The van der Waals surface area contributed by atoms with Crippen molar-refractivity contribution >= 4 is 23.2 Å². The standard InChI is InChI=1S/C21H25ClN2O4/c1-21(2,10-13-4-6-15(27-3)7-5-13)23-11-18(25)16-8-14(22)9-17-20(16)28-12-19(26)24-17/h4-9,18,23,25H,10-12H2,1-3H3,(H,24,26). The first-order valence-corrected chi connectivity index (χ1v) is 9.47. The van der Waals surface area contributed by atoms with Gasteiger partial charge in [-0.1, -0.05) is 23.7 Å². The van der Waals surface area contributed by atoms with Crippen LogP contribution < -0.4 is 20.1 Å². The summed E-state index contributed by atoms with van der Waals surface area (Å²) in [5, 5.41) is 17.3. The molecule has 0 aliphatic carbocycles. The van der Waals surface area contributed by atoms with Crippen LogP contribution in [-0.4, -0.2) is 36.8 Å². The zero-order valence-electron chi connectivity index (χ0n) is 16.2. The maximum absolute atomic E-state index is 11.5. The number of amides is 1. The second kappa shape index (κ2) is 8.39. The average Bonchev–Trinajstić information content (AvgIpc) is 2.65. The van der Waals surface area contributed by atoms with Gasteiger partial charge >= 0.3 is 0 Å². The first-order chi connectivity index (χ1) is 13.3. The number of fused-ring (bicyclic) bond motifs is 1. The average molecular weight is 405 g/mol. The summed E-state index contributed by atoms with van der Waals surface area (Å²) in [5.41, 5.74) is 1.95. The summed E-state index contributed by atoms with van der Waals surface area (Å²) in [5.74, 6) is 1.04. The molecule has 2 aromatic rings. The van der Waals surface area contributed by atoms with Gasteiger partial charge in [-0.15, -0.1) is 0 Å². The minimum atomic E-state index is -0.836. The van der Waals surface area contributed by atoms with Crippen molar-refractivity contribution in [3.05, 3.63) is 52.5 Å². The fraction of sp³-hybridized carbons (Fsp3) is 0.381. The maximum Gasteiger partial charge on any atom is 0.262 e. The number of benzene rings is 2. The molecule has 0 spiro atoms. The molecule has 3 N–H and O–H groups in total. The highest BCUT2D eigenvalue weighted by atomic mass is 35.5. The van der Waals surface area contributed by atoms with E-state index in [1.54, 1.807) is 19.2 Å². The molecule has 6 nitrogen and oxygen atoms in total. The number of hydrogen-bond donors (Lipinski definition) is 3. The SMILES string of the molecule is COc1ccc(CC(C)(C)NCC(O)c2cc(Cl)cc3c2OCC(=O)N3)cc1. The lowest BCUT2D eigenvalue weighted by molar-refractivity contribution is -0.118. The Balaban J connectivity index is 1.67. The summed E-state index contributed by atoms with van der Waals surface area (Å²) in [6, 6.07) is 11.2. The third-order valence-electron chi connectivity index (χ3n) is 4.64. The minimum absolute atomic E-state index is 0.0786. The first kappa shape index (κ1) is 20.5. The number of β-amino-alcohol motifs (C(OH)–C–C–N with tert-alkyl or cyclic N) is 1. The Bertz CT molecular complexity index is 852. The highest BCUT2D eigenvalue weighted by Gasteiger charge is 2.26. The monoisotopic (exact) mass is 404 g/mol. The van der Waals surface area contributed by atoms with Gasteiger partial charge in [0.2, 0.25) is 0 Å². The third-order valence-corrected chi connectivity index (χ3v) is 4.86. The summed E-state index contributed by atoms with van der Waals surface area (Å²) in [6.45, 7) is 4.39. The van der Waals surface area contributed by atoms with Crippen LogP contribution in [0.15, 0.2) is 36.4 Å². The highest BCUT2D eigenvalue weighted by Crippen LogP contribution is 2.38. The predicted molar refractivity (Wildman–Crippen MR) is 109 cm³/mol. The molecular formula is C21H25ClN2O4. The predicted octanol–water partition coefficient (Wildman–Crippen LogP) is 3.32. The number of ether oxygens (including phenoxy) is 2. The molecule has 1 atom stereocenters. The first-order valence-electron chi connectivity index (χ1n) is 9.09. The lowest BCUT2D eigenvalue weighted by Gasteiger charge is -2.29. The number of carbonyl (C=O) groups is 1. The normalized spacial score (nSPS) is 14.7. The molecule has 1 heterocycles. The van der Waals surface area contributed by atoms with Crippen LogP contribution in [0.1, 0.15) is 31.1 Å². The maximum atomic E-state index is 11.5. The van der Waals surface area contributed by atoms with Gasteiger partial charge in [0.15, 0.2) is 6.61 Å². The molecule has 1 amide bonds. The van der Waals surface area contributed by atoms with Crippen molar-refractivity contribution < 1.29 is 19.4 Å². The van der Waals surface area contributed by atoms with E-state index in [4.69, 9.17) is 21.1 Å². The van der Waals surface area contributed by atoms with Gasteiger partial charge in [-0.05, 0) is 50.1 Å². The number of carbonyl (C=O) groups excluding carboxylic acids is 1. The Hall–Kier alpha value is -2.28. The molecule has 150 valence electrons. The zero-order chi connectivity index (χ0) is 20.3. The highest BCUT2D eigenvalue weighted by molar-refractivity contribution is 6.31. The quantitative estimate of drug-likeness (QED) is 0.659. The summed E-state index contributed by atoms with van der Waals surface area (Å²) in [6.07, 6.45) is -0.0539. The molecule has 0 saturated carbocycles. The molecule has 0 bridgehead atoms. The van der Waals surface area contributed by atoms with E-state index < -0.39 is 6.10 Å². The number of rotatable bonds is 7. The van der Waals surface area contributed by atoms with Gasteiger partial charge in [0.1, 0.15) is 11.5 Å². The van der Waals surface area contributed by atoms with Gasteiger partial charge in [-0.3, -0.25) is 4.79 Å². The molecule has 0 radical (unpaired) electrons. The smallest absolute Gasteiger partial charge is 0.262 e. The number of methoxy groups -OCH3 is 1. The van der Waals surface area contributed by atoms with Crippen LogP contribution >= 0.6 is 11.6 Å². The van der Waals surface area contributed by atoms with Gasteiger partial charge in [0, 0.05) is 22.7 Å². The second-order valence-electron chi connectivity index (χ2n) is 7.51. The topological polar surface area (TPSA) is 79.8 Å². The Morgan fingerprint density at radius 3 is 2.71 bits per heavy atom. The van der Waals surface area contributed by atoms with Crippen LogP contribution in [0, 0.1) is 0 Å². The zero-order valence-corrected chi connectivity index (χ0v) is 17.0. The summed E-state index contributed by atoms with van der Waals surface area (Å²) < 4.78 is 10.7. The Labute approximate surface area is 169 Å². The molecule has 1 unspecified atom stereocenters. The summed E-state index contributed by atoms with van der Waals surface area (Å²) >= 11 is 6.15. The molecular weight excluding hydrogens is 380 g/mol. The number of halogens is 1. The molecule has 0 saturated heterocycles. The number of aliphatic hydroxyl groups is 1. The molecule has 3 rings (SSSR count). The Morgan fingerprint density at radius 2 is 2.04 bits per heavy atom. The minimum Gasteiger partial charge on any atom is -0.497 e. The molecule has 0 fully saturated rings. The lowest BCUT2D eigenvalue weighted by atomic mass is 9.94. The van der Waals surface area contributed by atoms with E-state index in [-0.39, 0.29) is 18.1 Å². The summed E-state index contributed by atoms with van der Waals surface area (Å²) in [7, 11) is 1.64. The molecule has 0 aromatic heterocycles. The van der Waals surface area contributed by atoms with Gasteiger partial charge in [0.05, 0.1) is 18.9 Å². The van der Waals surface area contributed by atoms with Gasteiger partial charge in [-0.25, -0.2) is 0 Å². The largest absolute Gasteiger partial charge is 0.497 e.